The highest BCUT2D eigenvalue weighted by Gasteiger charge is 2.07. The van der Waals surface area contributed by atoms with Gasteiger partial charge < -0.3 is 24.8 Å². The van der Waals surface area contributed by atoms with Crippen LogP contribution in [-0.4, -0.2) is 32.3 Å². The topological polar surface area (TPSA) is 68.8 Å². The minimum atomic E-state index is -0.163. The molecule has 0 spiro atoms. The zero-order valence-corrected chi connectivity index (χ0v) is 20.8. The van der Waals surface area contributed by atoms with Gasteiger partial charge >= 0.3 is 0 Å². The molecule has 0 fully saturated rings. The molecule has 0 aliphatic carbocycles. The molecular formula is C31H32N2O4. The Balaban J connectivity index is 1.19. The highest BCUT2D eigenvalue weighted by atomic mass is 16.5. The maximum absolute atomic E-state index is 12.6. The van der Waals surface area contributed by atoms with Gasteiger partial charge in [-0.25, -0.2) is 0 Å². The van der Waals surface area contributed by atoms with Gasteiger partial charge in [0.25, 0.3) is 0 Å². The first kappa shape index (κ1) is 25.6. The normalized spacial score (nSPS) is 10.4. The highest BCUT2D eigenvalue weighted by molar-refractivity contribution is 5.94. The molecule has 0 saturated carbocycles. The van der Waals surface area contributed by atoms with Crippen LogP contribution >= 0.6 is 0 Å². The van der Waals surface area contributed by atoms with Crippen LogP contribution in [0.3, 0.4) is 0 Å². The third-order valence-electron chi connectivity index (χ3n) is 5.52. The van der Waals surface area contributed by atoms with Crippen molar-refractivity contribution in [1.82, 2.24) is 0 Å². The number of benzene rings is 4. The smallest absolute Gasteiger partial charge is 0.243 e. The number of hydrogen-bond donors (Lipinski definition) is 2. The van der Waals surface area contributed by atoms with Crippen LogP contribution in [0.1, 0.15) is 12.0 Å². The van der Waals surface area contributed by atoms with Gasteiger partial charge in [0.2, 0.25) is 5.91 Å². The third kappa shape index (κ3) is 8.93. The van der Waals surface area contributed by atoms with Crippen LogP contribution in [-0.2, 0) is 11.2 Å². The monoisotopic (exact) mass is 496 g/mol. The number of hydrogen-bond acceptors (Lipinski definition) is 5. The van der Waals surface area contributed by atoms with E-state index in [9.17, 15) is 4.79 Å². The summed E-state index contributed by atoms with van der Waals surface area (Å²) in [5, 5.41) is 6.08. The summed E-state index contributed by atoms with van der Waals surface area (Å²) in [7, 11) is 0. The van der Waals surface area contributed by atoms with Crippen LogP contribution in [0.5, 0.6) is 17.2 Å². The van der Waals surface area contributed by atoms with Crippen molar-refractivity contribution in [2.45, 2.75) is 12.8 Å². The zero-order chi connectivity index (χ0) is 25.5. The van der Waals surface area contributed by atoms with Crippen LogP contribution in [0.4, 0.5) is 11.4 Å². The minimum Gasteiger partial charge on any atom is -0.491 e. The summed E-state index contributed by atoms with van der Waals surface area (Å²) in [4.78, 5) is 12.6. The fraction of sp³-hybridized carbons (Fsp3) is 0.194. The van der Waals surface area contributed by atoms with E-state index in [1.165, 1.54) is 5.56 Å². The molecule has 0 atom stereocenters. The molecule has 4 aromatic rings. The molecule has 0 unspecified atom stereocenters. The van der Waals surface area contributed by atoms with Crippen LogP contribution < -0.4 is 24.8 Å². The average molecular weight is 497 g/mol. The molecule has 1 amide bonds. The number of rotatable bonds is 14. The number of nitrogens with one attached hydrogen (secondary N) is 2. The quantitative estimate of drug-likeness (QED) is 0.203. The van der Waals surface area contributed by atoms with E-state index < -0.39 is 0 Å². The summed E-state index contributed by atoms with van der Waals surface area (Å²) in [6.07, 6.45) is 1.87. The Bertz CT molecular complexity index is 1230. The first-order valence-electron chi connectivity index (χ1n) is 12.5. The van der Waals surface area contributed by atoms with Gasteiger partial charge in [-0.2, -0.15) is 0 Å². The third-order valence-corrected chi connectivity index (χ3v) is 5.52. The summed E-state index contributed by atoms with van der Waals surface area (Å²) in [5.41, 5.74) is 2.75. The summed E-state index contributed by atoms with van der Waals surface area (Å²) in [5.74, 6) is 2.04. The number of carbonyl (C=O) groups is 1. The molecule has 2 N–H and O–H groups in total. The number of carbonyl (C=O) groups excluding carboxylic acids is 1. The van der Waals surface area contributed by atoms with Crippen molar-refractivity contribution >= 4 is 17.3 Å². The summed E-state index contributed by atoms with van der Waals surface area (Å²) >= 11 is 0. The SMILES string of the molecule is O=C(CNc1ccccc1OCCCc1ccccc1)Nc1cccc(OCCOc2ccccc2)c1. The Kier molecular flexibility index (Phi) is 9.83. The fourth-order valence-corrected chi connectivity index (χ4v) is 3.72. The summed E-state index contributed by atoms with van der Waals surface area (Å²) in [6.45, 7) is 1.54. The van der Waals surface area contributed by atoms with Gasteiger partial charge in [-0.05, 0) is 54.8 Å². The Morgan fingerprint density at radius 2 is 1.32 bits per heavy atom. The molecule has 0 saturated heterocycles. The van der Waals surface area contributed by atoms with E-state index in [4.69, 9.17) is 14.2 Å². The second-order valence-corrected chi connectivity index (χ2v) is 8.37. The highest BCUT2D eigenvalue weighted by Crippen LogP contribution is 2.24. The van der Waals surface area contributed by atoms with Crippen molar-refractivity contribution in [1.29, 1.82) is 0 Å². The average Bonchev–Trinajstić information content (AvgIpc) is 2.94. The lowest BCUT2D eigenvalue weighted by molar-refractivity contribution is -0.114. The van der Waals surface area contributed by atoms with Crippen molar-refractivity contribution in [3.05, 3.63) is 115 Å². The van der Waals surface area contributed by atoms with E-state index in [1.54, 1.807) is 6.07 Å². The Hall–Kier alpha value is -4.45. The van der Waals surface area contributed by atoms with Crippen LogP contribution in [0.25, 0.3) is 0 Å². The molecule has 0 aliphatic heterocycles. The van der Waals surface area contributed by atoms with Crippen molar-refractivity contribution in [3.8, 4) is 17.2 Å². The molecule has 0 radical (unpaired) electrons. The second kappa shape index (κ2) is 14.2. The number of anilines is 2. The lowest BCUT2D eigenvalue weighted by Crippen LogP contribution is -2.22. The lowest BCUT2D eigenvalue weighted by atomic mass is 10.1. The van der Waals surface area contributed by atoms with Gasteiger partial charge in [-0.15, -0.1) is 0 Å². The predicted molar refractivity (Wildman–Crippen MR) is 148 cm³/mol. The summed E-state index contributed by atoms with van der Waals surface area (Å²) in [6, 6.07) is 34.9. The van der Waals surface area contributed by atoms with Crippen molar-refractivity contribution in [2.24, 2.45) is 0 Å². The molecule has 4 rings (SSSR count). The van der Waals surface area contributed by atoms with Crippen LogP contribution in [0, 0.1) is 0 Å². The Labute approximate surface area is 218 Å². The number of para-hydroxylation sites is 3. The van der Waals surface area contributed by atoms with E-state index in [1.807, 2.05) is 91.0 Å². The van der Waals surface area contributed by atoms with Crippen molar-refractivity contribution in [3.63, 3.8) is 0 Å². The standard InChI is InChI=1S/C31H32N2O4/c34-31(33-26-14-9-17-28(23-26)36-22-21-35-27-15-5-2-6-16-27)24-32-29-18-7-8-19-30(29)37-20-10-13-25-11-3-1-4-12-25/h1-9,11-12,14-19,23,32H,10,13,20-22,24H2,(H,33,34). The van der Waals surface area contributed by atoms with Crippen LogP contribution in [0.15, 0.2) is 109 Å². The summed E-state index contributed by atoms with van der Waals surface area (Å²) < 4.78 is 17.4. The predicted octanol–water partition coefficient (Wildman–Crippen LogP) is 6.21. The lowest BCUT2D eigenvalue weighted by Gasteiger charge is -2.14. The van der Waals surface area contributed by atoms with E-state index in [0.29, 0.717) is 31.3 Å². The first-order valence-corrected chi connectivity index (χ1v) is 12.5. The largest absolute Gasteiger partial charge is 0.491 e. The van der Waals surface area contributed by atoms with Gasteiger partial charge in [-0.1, -0.05) is 66.7 Å². The van der Waals surface area contributed by atoms with Crippen molar-refractivity contribution < 1.29 is 19.0 Å². The molecular weight excluding hydrogens is 464 g/mol. The first-order chi connectivity index (χ1) is 18.3. The molecule has 190 valence electrons. The number of aryl methyl sites for hydroxylation is 1. The van der Waals surface area contributed by atoms with Gasteiger partial charge in [0, 0.05) is 11.8 Å². The maximum Gasteiger partial charge on any atom is 0.243 e. The Morgan fingerprint density at radius 3 is 2.14 bits per heavy atom. The zero-order valence-electron chi connectivity index (χ0n) is 20.8. The van der Waals surface area contributed by atoms with Gasteiger partial charge in [0.1, 0.15) is 30.5 Å². The van der Waals surface area contributed by atoms with Gasteiger partial charge in [0.15, 0.2) is 0 Å². The molecule has 6 heteroatoms. The van der Waals surface area contributed by atoms with E-state index in [2.05, 4.69) is 22.8 Å². The van der Waals surface area contributed by atoms with Gasteiger partial charge in [0.05, 0.1) is 18.8 Å². The van der Waals surface area contributed by atoms with Crippen LogP contribution in [0.2, 0.25) is 0 Å². The molecule has 0 aliphatic rings. The number of amides is 1. The molecule has 6 nitrogen and oxygen atoms in total. The minimum absolute atomic E-state index is 0.111. The Morgan fingerprint density at radius 1 is 0.649 bits per heavy atom. The van der Waals surface area contributed by atoms with Gasteiger partial charge in [-0.3, -0.25) is 4.79 Å². The molecule has 4 aromatic carbocycles. The van der Waals surface area contributed by atoms with E-state index in [0.717, 1.165) is 30.0 Å². The molecule has 0 heterocycles. The van der Waals surface area contributed by atoms with Crippen molar-refractivity contribution in [2.75, 3.05) is 37.0 Å². The molecule has 0 bridgehead atoms. The van der Waals surface area contributed by atoms with E-state index in [-0.39, 0.29) is 12.5 Å². The maximum atomic E-state index is 12.6. The number of ether oxygens (including phenoxy) is 3. The van der Waals surface area contributed by atoms with E-state index >= 15 is 0 Å². The molecule has 0 aromatic heterocycles. The fourth-order valence-electron chi connectivity index (χ4n) is 3.72. The second-order valence-electron chi connectivity index (χ2n) is 8.37. The molecule has 37 heavy (non-hydrogen) atoms.